The number of benzene rings is 2. The zero-order valence-electron chi connectivity index (χ0n) is 20.5. The monoisotopic (exact) mass is 552 g/mol. The molecule has 2 aromatic rings. The standard InChI is InChI=1S/C26H32O13/c27-10-17-19(30)21(32)23(34)25(38-17)36-15-5-3-12(4-6-15)1-2-13-7-14(29)9-16(8-13)37-26-24(35)22(33)20(31)18(11-28)39-26/h1-9,17-35H,10-11H2/b2-1-/t17-,18-,19+,20-,21+,22-,23-,24-,25-,26+/m0/s1. The summed E-state index contributed by atoms with van der Waals surface area (Å²) >= 11 is 0. The van der Waals surface area contributed by atoms with Crippen molar-refractivity contribution in [2.45, 2.75) is 61.4 Å². The van der Waals surface area contributed by atoms with Crippen molar-refractivity contribution in [3.8, 4) is 17.2 Å². The maximum Gasteiger partial charge on any atom is 0.229 e. The van der Waals surface area contributed by atoms with E-state index in [0.29, 0.717) is 11.3 Å². The SMILES string of the molecule is OC[C@@H]1O[C@@H](Oc2cc(O)cc(/C=C\c3ccc(O[C@H]4O[C@@H](CO)[C@@H](O)[C@@H](O)[C@@H]4O)cc3)c2)[C@@H](O)[C@@H](O)[C@H]1O. The van der Waals surface area contributed by atoms with Gasteiger partial charge in [0.25, 0.3) is 0 Å². The van der Waals surface area contributed by atoms with Crippen LogP contribution in [-0.4, -0.2) is 121 Å². The van der Waals surface area contributed by atoms with Crippen molar-refractivity contribution in [1.29, 1.82) is 0 Å². The van der Waals surface area contributed by atoms with E-state index >= 15 is 0 Å². The summed E-state index contributed by atoms with van der Waals surface area (Å²) < 4.78 is 21.8. The van der Waals surface area contributed by atoms with Gasteiger partial charge in [-0.15, -0.1) is 0 Å². The average molecular weight is 553 g/mol. The van der Waals surface area contributed by atoms with Gasteiger partial charge in [0.05, 0.1) is 13.2 Å². The topological polar surface area (TPSA) is 219 Å². The Morgan fingerprint density at radius 1 is 0.590 bits per heavy atom. The molecule has 0 saturated carbocycles. The Kier molecular flexibility index (Phi) is 9.40. The molecule has 4 rings (SSSR count). The molecule has 39 heavy (non-hydrogen) atoms. The van der Waals surface area contributed by atoms with Crippen LogP contribution in [-0.2, 0) is 9.47 Å². The van der Waals surface area contributed by atoms with Gasteiger partial charge in [0.1, 0.15) is 66.1 Å². The van der Waals surface area contributed by atoms with Crippen molar-refractivity contribution >= 4 is 12.2 Å². The van der Waals surface area contributed by atoms with E-state index in [1.165, 1.54) is 18.2 Å². The minimum atomic E-state index is -1.61. The third kappa shape index (κ3) is 6.67. The number of rotatable bonds is 8. The number of aromatic hydroxyl groups is 1. The molecule has 0 aliphatic carbocycles. The average Bonchev–Trinajstić information content (AvgIpc) is 2.93. The zero-order valence-corrected chi connectivity index (χ0v) is 20.5. The van der Waals surface area contributed by atoms with Crippen LogP contribution in [0.1, 0.15) is 11.1 Å². The maximum atomic E-state index is 10.2. The van der Waals surface area contributed by atoms with Crippen LogP contribution in [0.3, 0.4) is 0 Å². The van der Waals surface area contributed by atoms with Gasteiger partial charge in [-0.05, 0) is 35.4 Å². The third-order valence-electron chi connectivity index (χ3n) is 6.46. The van der Waals surface area contributed by atoms with Gasteiger partial charge >= 0.3 is 0 Å². The molecule has 9 N–H and O–H groups in total. The van der Waals surface area contributed by atoms with E-state index in [2.05, 4.69) is 0 Å². The van der Waals surface area contributed by atoms with Crippen molar-refractivity contribution in [3.63, 3.8) is 0 Å². The first-order valence-electron chi connectivity index (χ1n) is 12.2. The Bertz CT molecular complexity index is 1110. The van der Waals surface area contributed by atoms with E-state index in [-0.39, 0.29) is 11.5 Å². The summed E-state index contributed by atoms with van der Waals surface area (Å²) in [5.74, 6) is 0.242. The first kappa shape index (κ1) is 29.2. The molecule has 2 aromatic carbocycles. The number of phenols is 1. The molecule has 10 atom stereocenters. The summed E-state index contributed by atoms with van der Waals surface area (Å²) in [7, 11) is 0. The van der Waals surface area contributed by atoms with E-state index in [4.69, 9.17) is 18.9 Å². The Morgan fingerprint density at radius 3 is 1.59 bits per heavy atom. The van der Waals surface area contributed by atoms with Gasteiger partial charge in [0.15, 0.2) is 0 Å². The molecular weight excluding hydrogens is 520 g/mol. The lowest BCUT2D eigenvalue weighted by Gasteiger charge is -2.39. The second-order valence-corrected chi connectivity index (χ2v) is 9.29. The molecule has 214 valence electrons. The largest absolute Gasteiger partial charge is 0.508 e. The van der Waals surface area contributed by atoms with Gasteiger partial charge in [0, 0.05) is 6.07 Å². The molecule has 2 heterocycles. The summed E-state index contributed by atoms with van der Waals surface area (Å²) in [5.41, 5.74) is 1.23. The predicted octanol–water partition coefficient (Wildman–Crippen LogP) is -2.08. The lowest BCUT2D eigenvalue weighted by atomic mass is 9.99. The normalized spacial score (nSPS) is 35.2. The van der Waals surface area contributed by atoms with E-state index in [1.54, 1.807) is 36.4 Å². The molecule has 13 nitrogen and oxygen atoms in total. The van der Waals surface area contributed by atoms with E-state index in [1.807, 2.05) is 0 Å². The van der Waals surface area contributed by atoms with Crippen LogP contribution < -0.4 is 9.47 Å². The number of hydrogen-bond acceptors (Lipinski definition) is 13. The van der Waals surface area contributed by atoms with Gasteiger partial charge in [-0.1, -0.05) is 24.3 Å². The Morgan fingerprint density at radius 2 is 1.08 bits per heavy atom. The van der Waals surface area contributed by atoms with E-state index in [9.17, 15) is 46.0 Å². The zero-order chi connectivity index (χ0) is 28.3. The fraction of sp³-hybridized carbons (Fsp3) is 0.462. The fourth-order valence-corrected chi connectivity index (χ4v) is 4.22. The summed E-state index contributed by atoms with van der Waals surface area (Å²) in [6.45, 7) is -1.18. The van der Waals surface area contributed by atoms with Crippen LogP contribution in [0.15, 0.2) is 42.5 Å². The van der Waals surface area contributed by atoms with Gasteiger partial charge in [-0.2, -0.15) is 0 Å². The lowest BCUT2D eigenvalue weighted by Crippen LogP contribution is -2.60. The van der Waals surface area contributed by atoms with E-state index in [0.717, 1.165) is 5.56 Å². The molecule has 0 unspecified atom stereocenters. The molecule has 0 spiro atoms. The predicted molar refractivity (Wildman–Crippen MR) is 132 cm³/mol. The first-order chi connectivity index (χ1) is 18.6. The second kappa shape index (κ2) is 12.6. The molecule has 0 radical (unpaired) electrons. The van der Waals surface area contributed by atoms with Crippen LogP contribution in [0.2, 0.25) is 0 Å². The highest BCUT2D eigenvalue weighted by Gasteiger charge is 2.45. The molecule has 2 saturated heterocycles. The number of ether oxygens (including phenoxy) is 4. The smallest absolute Gasteiger partial charge is 0.229 e. The third-order valence-corrected chi connectivity index (χ3v) is 6.46. The molecule has 0 amide bonds. The van der Waals surface area contributed by atoms with Crippen molar-refractivity contribution in [3.05, 3.63) is 53.6 Å². The van der Waals surface area contributed by atoms with Gasteiger partial charge in [-0.3, -0.25) is 0 Å². The van der Waals surface area contributed by atoms with Crippen LogP contribution >= 0.6 is 0 Å². The molecule has 0 aromatic heterocycles. The maximum absolute atomic E-state index is 10.2. The summed E-state index contributed by atoms with van der Waals surface area (Å²) in [5, 5.41) is 88.7. The van der Waals surface area contributed by atoms with Gasteiger partial charge in [0.2, 0.25) is 12.6 Å². The van der Waals surface area contributed by atoms with Gasteiger partial charge in [-0.25, -0.2) is 0 Å². The highest BCUT2D eigenvalue weighted by molar-refractivity contribution is 5.71. The number of hydrogen-bond donors (Lipinski definition) is 9. The highest BCUT2D eigenvalue weighted by Crippen LogP contribution is 2.29. The molecule has 0 bridgehead atoms. The number of phenolic OH excluding ortho intramolecular Hbond substituents is 1. The Balaban J connectivity index is 1.40. The minimum Gasteiger partial charge on any atom is -0.508 e. The Labute approximate surface area is 222 Å². The van der Waals surface area contributed by atoms with Crippen LogP contribution in [0.4, 0.5) is 0 Å². The fourth-order valence-electron chi connectivity index (χ4n) is 4.22. The second-order valence-electron chi connectivity index (χ2n) is 9.29. The number of aliphatic hydroxyl groups is 8. The van der Waals surface area contributed by atoms with Crippen LogP contribution in [0.5, 0.6) is 17.2 Å². The first-order valence-corrected chi connectivity index (χ1v) is 12.2. The van der Waals surface area contributed by atoms with Crippen LogP contribution in [0, 0.1) is 0 Å². The van der Waals surface area contributed by atoms with Crippen molar-refractivity contribution in [1.82, 2.24) is 0 Å². The summed E-state index contributed by atoms with van der Waals surface area (Å²) in [4.78, 5) is 0. The quantitative estimate of drug-likeness (QED) is 0.161. The molecule has 13 heteroatoms. The molecule has 2 aliphatic heterocycles. The van der Waals surface area contributed by atoms with E-state index < -0.39 is 74.6 Å². The van der Waals surface area contributed by atoms with Crippen LogP contribution in [0.25, 0.3) is 12.2 Å². The lowest BCUT2D eigenvalue weighted by molar-refractivity contribution is -0.277. The Hall–Kier alpha value is -2.82. The summed E-state index contributed by atoms with van der Waals surface area (Å²) in [6, 6.07) is 10.8. The highest BCUT2D eigenvalue weighted by atomic mass is 16.7. The molecule has 2 fully saturated rings. The molecule has 2 aliphatic rings. The van der Waals surface area contributed by atoms with Crippen molar-refractivity contribution in [2.75, 3.05) is 13.2 Å². The van der Waals surface area contributed by atoms with Gasteiger partial charge < -0.3 is 64.9 Å². The summed E-state index contributed by atoms with van der Waals surface area (Å²) in [6.07, 6.45) is -10.9. The number of aliphatic hydroxyl groups excluding tert-OH is 8. The molecular formula is C26H32O13. The van der Waals surface area contributed by atoms with Crippen molar-refractivity contribution in [2.24, 2.45) is 0 Å². The van der Waals surface area contributed by atoms with Crippen molar-refractivity contribution < 1.29 is 64.9 Å². The minimum absolute atomic E-state index is 0.0993.